The quantitative estimate of drug-likeness (QED) is 0.0970. The van der Waals surface area contributed by atoms with Crippen molar-refractivity contribution in [3.8, 4) is 5.75 Å². The van der Waals surface area contributed by atoms with Crippen LogP contribution in [-0.4, -0.2) is 93.3 Å². The summed E-state index contributed by atoms with van der Waals surface area (Å²) >= 11 is 0. The smallest absolute Gasteiger partial charge is 0.460 e. The Kier molecular flexibility index (Phi) is 13.4. The maximum Gasteiger partial charge on any atom is 0.460 e. The van der Waals surface area contributed by atoms with Crippen molar-refractivity contribution < 1.29 is 102 Å². The topological polar surface area (TPSA) is 90.9 Å². The third-order valence-corrected chi connectivity index (χ3v) is 6.86. The predicted molar refractivity (Wildman–Crippen MR) is 140 cm³/mol. The van der Waals surface area contributed by atoms with Gasteiger partial charge in [-0.15, -0.1) is 0 Å². The molecule has 1 aromatic rings. The Morgan fingerprint density at radius 3 is 1.55 bits per heavy atom. The monoisotopic (exact) mass is 805 g/mol. The summed E-state index contributed by atoms with van der Waals surface area (Å²) in [6, 6.07) is 3.55. The largest absolute Gasteiger partial charge is 0.494 e. The first-order valence-electron chi connectivity index (χ1n) is 13.6. The van der Waals surface area contributed by atoms with Crippen molar-refractivity contribution in [2.75, 3.05) is 19.5 Å². The third-order valence-electron chi connectivity index (χ3n) is 6.30. The second kappa shape index (κ2) is 14.8. The first kappa shape index (κ1) is 46.0. The minimum atomic E-state index is -8.69. The lowest BCUT2D eigenvalue weighted by Crippen LogP contribution is -2.74. The average Bonchev–Trinajstić information content (AvgIpc) is 2.92. The Bertz CT molecular complexity index is 1440. The number of rotatable bonds is 17. The normalized spacial score (nSPS) is 15.4. The van der Waals surface area contributed by atoms with Crippen LogP contribution in [0, 0.1) is 0 Å². The minimum Gasteiger partial charge on any atom is -0.494 e. The van der Waals surface area contributed by atoms with E-state index in [2.05, 4.69) is 9.50 Å². The summed E-state index contributed by atoms with van der Waals surface area (Å²) in [5.41, 5.74) is -0.644. The van der Waals surface area contributed by atoms with Crippen LogP contribution in [0.2, 0.25) is 0 Å². The van der Waals surface area contributed by atoms with Crippen molar-refractivity contribution in [3.63, 3.8) is 0 Å². The van der Waals surface area contributed by atoms with Gasteiger partial charge in [-0.2, -0.15) is 83.1 Å². The van der Waals surface area contributed by atoms with E-state index in [9.17, 15) is 87.8 Å². The van der Waals surface area contributed by atoms with E-state index in [-0.39, 0.29) is 12.2 Å². The summed E-state index contributed by atoms with van der Waals surface area (Å²) in [4.78, 5) is 12.1. The molecule has 0 fully saturated rings. The predicted octanol–water partition coefficient (Wildman–Crippen LogP) is 8.27. The van der Waals surface area contributed by atoms with Gasteiger partial charge in [0.05, 0.1) is 25.5 Å². The van der Waals surface area contributed by atoms with E-state index in [1.807, 2.05) is 0 Å². The molecule has 0 unspecified atom stereocenters. The van der Waals surface area contributed by atoms with E-state index in [1.54, 1.807) is 0 Å². The molecule has 0 aliphatic carbocycles. The molecule has 0 saturated carbocycles. The van der Waals surface area contributed by atoms with Crippen molar-refractivity contribution in [1.29, 1.82) is 0 Å². The van der Waals surface area contributed by atoms with Crippen LogP contribution in [-0.2, 0) is 25.5 Å². The highest BCUT2D eigenvalue weighted by molar-refractivity contribution is 7.85. The highest BCUT2D eigenvalue weighted by atomic mass is 32.2. The lowest BCUT2D eigenvalue weighted by molar-refractivity contribution is -0.461. The fraction of sp³-hybridized carbons (Fsp3) is 0.731. The van der Waals surface area contributed by atoms with E-state index < -0.39 is 102 Å². The van der Waals surface area contributed by atoms with Gasteiger partial charge in [-0.1, -0.05) is 12.1 Å². The number of hydrogen-bond donors (Lipinski definition) is 1. The molecule has 0 spiro atoms. The number of halogens is 17. The third kappa shape index (κ3) is 10.1. The molecule has 7 nitrogen and oxygen atoms in total. The zero-order valence-electron chi connectivity index (χ0n) is 26.2. The van der Waals surface area contributed by atoms with Crippen LogP contribution in [0.5, 0.6) is 5.75 Å². The van der Waals surface area contributed by atoms with Crippen LogP contribution in [0.25, 0.3) is 0 Å². The summed E-state index contributed by atoms with van der Waals surface area (Å²) in [5.74, 6) is -57.0. The second-order valence-electron chi connectivity index (χ2n) is 11.8. The van der Waals surface area contributed by atoms with E-state index in [0.29, 0.717) is 11.8 Å². The molecule has 0 saturated heterocycles. The number of amides is 1. The molecule has 1 N–H and O–H groups in total. The van der Waals surface area contributed by atoms with Gasteiger partial charge in [0.2, 0.25) is 0 Å². The number of carbonyl (C=O) groups excluding carboxylic acids is 1. The second-order valence-corrected chi connectivity index (χ2v) is 13.4. The first-order chi connectivity index (χ1) is 22.4. The van der Waals surface area contributed by atoms with Gasteiger partial charge >= 0.3 is 53.7 Å². The Morgan fingerprint density at radius 2 is 1.14 bits per heavy atom. The van der Waals surface area contributed by atoms with Crippen LogP contribution in [0.3, 0.4) is 0 Å². The molecule has 1 aromatic carbocycles. The SMILES string of the molecule is CC(C)(C)OC(=O)N[C@H](COS(C)(=O)=O)Cc1ccc(OCCCC(F)(F)C(F)(F)C(F)(F)C(F)(F)C(F)(F)C(F)(F)C(F)(F)C(F)(F)F)cc1. The molecule has 0 aliphatic heterocycles. The van der Waals surface area contributed by atoms with E-state index in [1.165, 1.54) is 32.9 Å². The van der Waals surface area contributed by atoms with Crippen LogP contribution in [0.1, 0.15) is 39.2 Å². The van der Waals surface area contributed by atoms with Crippen molar-refractivity contribution in [3.05, 3.63) is 29.8 Å². The molecular formula is C26H28F17NO6S. The number of carbonyl (C=O) groups is 1. The van der Waals surface area contributed by atoms with Crippen LogP contribution >= 0.6 is 0 Å². The van der Waals surface area contributed by atoms with Crippen molar-refractivity contribution in [1.82, 2.24) is 5.32 Å². The molecule has 0 aromatic heterocycles. The highest BCUT2D eigenvalue weighted by Gasteiger charge is 2.95. The average molecular weight is 806 g/mol. The van der Waals surface area contributed by atoms with E-state index in [4.69, 9.17) is 9.47 Å². The van der Waals surface area contributed by atoms with Crippen LogP contribution in [0.15, 0.2) is 24.3 Å². The van der Waals surface area contributed by atoms with Crippen molar-refractivity contribution >= 4 is 16.2 Å². The Labute approximate surface area is 277 Å². The van der Waals surface area contributed by atoms with Gasteiger partial charge in [0, 0.05) is 6.42 Å². The maximum absolute atomic E-state index is 14.1. The van der Waals surface area contributed by atoms with Crippen LogP contribution < -0.4 is 10.1 Å². The number of benzene rings is 1. The minimum absolute atomic E-state index is 0.145. The number of ether oxygens (including phenoxy) is 2. The highest BCUT2D eigenvalue weighted by Crippen LogP contribution is 2.64. The molecule has 1 amide bonds. The number of alkyl halides is 17. The summed E-state index contributed by atoms with van der Waals surface area (Å²) in [6.45, 7) is 2.86. The van der Waals surface area contributed by atoms with Gasteiger partial charge in [0.15, 0.2) is 0 Å². The molecule has 51 heavy (non-hydrogen) atoms. The number of alkyl carbamates (subject to hydrolysis) is 1. The van der Waals surface area contributed by atoms with Gasteiger partial charge in [-0.3, -0.25) is 4.18 Å². The van der Waals surface area contributed by atoms with Gasteiger partial charge in [-0.25, -0.2) is 4.79 Å². The standard InChI is InChI=1S/C26H28F17NO6S/c1-18(2,3)50-17(45)44-15(13-49-51(4,46)47)12-14-6-8-16(9-7-14)48-11-5-10-19(27,28)20(29,30)21(31,32)22(33,34)23(35,36)24(37,38)25(39,40)26(41,42)43/h6-9,15H,5,10-13H2,1-4H3,(H,44,45)/t15-/m0/s1. The summed E-state index contributed by atoms with van der Waals surface area (Å²) < 4.78 is 265. The molecule has 1 atom stereocenters. The molecule has 0 radical (unpaired) electrons. The lowest BCUT2D eigenvalue weighted by atomic mass is 9.88. The molecule has 0 aliphatic rings. The van der Waals surface area contributed by atoms with Gasteiger partial charge in [0.1, 0.15) is 11.4 Å². The Morgan fingerprint density at radius 1 is 0.706 bits per heavy atom. The Balaban J connectivity index is 3.05. The fourth-order valence-electron chi connectivity index (χ4n) is 3.68. The number of nitrogens with one attached hydrogen (secondary N) is 1. The zero-order valence-corrected chi connectivity index (χ0v) is 27.0. The number of hydrogen-bond acceptors (Lipinski definition) is 6. The van der Waals surface area contributed by atoms with Crippen molar-refractivity contribution in [2.45, 2.75) is 99.3 Å². The van der Waals surface area contributed by atoms with Gasteiger partial charge < -0.3 is 14.8 Å². The molecule has 1 rings (SSSR count). The fourth-order valence-corrected chi connectivity index (χ4v) is 4.09. The van der Waals surface area contributed by atoms with Gasteiger partial charge in [0.25, 0.3) is 10.1 Å². The first-order valence-corrected chi connectivity index (χ1v) is 15.5. The molecule has 0 heterocycles. The zero-order chi connectivity index (χ0) is 40.5. The molecule has 0 bridgehead atoms. The molecule has 25 heteroatoms. The van der Waals surface area contributed by atoms with Crippen LogP contribution in [0.4, 0.5) is 79.4 Å². The summed E-state index contributed by atoms with van der Waals surface area (Å²) in [5, 5.41) is 2.35. The summed E-state index contributed by atoms with van der Waals surface area (Å²) in [6.07, 6.45) is -12.4. The molecular weight excluding hydrogens is 777 g/mol. The Hall–Kier alpha value is -2.99. The maximum atomic E-state index is 14.1. The van der Waals surface area contributed by atoms with E-state index >= 15 is 0 Å². The van der Waals surface area contributed by atoms with Gasteiger partial charge in [-0.05, 0) is 51.3 Å². The molecule has 298 valence electrons. The van der Waals surface area contributed by atoms with E-state index in [0.717, 1.165) is 12.1 Å². The summed E-state index contributed by atoms with van der Waals surface area (Å²) in [7, 11) is -3.98. The lowest BCUT2D eigenvalue weighted by Gasteiger charge is -2.42. The van der Waals surface area contributed by atoms with Crippen molar-refractivity contribution in [2.24, 2.45) is 0 Å².